The molecule has 0 saturated heterocycles. The molecule has 0 aromatic heterocycles. The molecule has 0 bridgehead atoms. The lowest BCUT2D eigenvalue weighted by Gasteiger charge is -2.39. The third-order valence-electron chi connectivity index (χ3n) is 15.6. The zero-order valence-electron chi connectivity index (χ0n) is 46.5. The third-order valence-corrected chi connectivity index (χ3v) is 24.9. The Labute approximate surface area is 420 Å². The molecule has 0 saturated carbocycles. The number of carbonyl (C=O) groups is 3. The van der Waals surface area contributed by atoms with Gasteiger partial charge in [-0.15, -0.1) is 0 Å². The fourth-order valence-electron chi connectivity index (χ4n) is 8.38. The average molecular weight is 991 g/mol. The minimum absolute atomic E-state index is 0.00579. The van der Waals surface area contributed by atoms with Crippen LogP contribution >= 0.6 is 0 Å². The van der Waals surface area contributed by atoms with E-state index in [-0.39, 0.29) is 42.2 Å². The molecule has 10 nitrogen and oxygen atoms in total. The Morgan fingerprint density at radius 3 is 1.01 bits per heavy atom. The number of hydrogen-bond acceptors (Lipinski definition) is 7. The molecular formula is C56H107N3O7Si2. The Bertz CT molecular complexity index is 1410. The highest BCUT2D eigenvalue weighted by Gasteiger charge is 2.37. The lowest BCUT2D eigenvalue weighted by Crippen LogP contribution is -2.45. The minimum Gasteiger partial charge on any atom is -0.413 e. The van der Waals surface area contributed by atoms with Crippen molar-refractivity contribution in [1.82, 2.24) is 0 Å². The summed E-state index contributed by atoms with van der Waals surface area (Å²) in [7, 11) is -3.40. The number of nitrogens with two attached hydrogens (primary N) is 3. The fourth-order valence-corrected chi connectivity index (χ4v) is 14.3. The summed E-state index contributed by atoms with van der Waals surface area (Å²) in [6, 6.07) is 6.79. The highest BCUT2D eigenvalue weighted by atomic mass is 28.4. The maximum absolute atomic E-state index is 10.8. The van der Waals surface area contributed by atoms with Crippen molar-refractivity contribution < 1.29 is 33.4 Å². The second-order valence-corrected chi connectivity index (χ2v) is 29.0. The van der Waals surface area contributed by atoms with Gasteiger partial charge in [0.15, 0.2) is 16.6 Å². The van der Waals surface area contributed by atoms with Crippen LogP contribution in [0.2, 0.25) is 36.3 Å². The molecule has 3 amide bonds. The predicted octanol–water partition coefficient (Wildman–Crippen LogP) is 12.7. The molecular weight excluding hydrogens is 883 g/mol. The Hall–Kier alpha value is -2.88. The quantitative estimate of drug-likeness (QED) is 0.0241. The summed E-state index contributed by atoms with van der Waals surface area (Å²) in [4.78, 5) is 32.0. The van der Waals surface area contributed by atoms with Crippen molar-refractivity contribution in [3.8, 4) is 0 Å². The molecule has 0 aliphatic carbocycles. The van der Waals surface area contributed by atoms with E-state index in [1.54, 1.807) is 24.3 Å². The van der Waals surface area contributed by atoms with Crippen LogP contribution in [0.4, 0.5) is 0 Å². The van der Waals surface area contributed by atoms with Crippen LogP contribution in [0.1, 0.15) is 156 Å². The molecule has 8 N–H and O–H groups in total. The standard InChI is InChI=1S/C21H41NO2Si.C20H39NO3Si.C15H27NO2/c1-8-17(5)18(6)19(7)20(15-13-12-14-16-21(22)23)24-25(9-2,10-3)11-4;1-7-16(5)20(23)17(6)18(14-12-11-13-15-19(21)22)24-25(8-2,9-3)10-4;1-5-11(2)12(3)13(4)14(17)9-7-6-8-10-15(16)18/h12-14,16-20H,8-11,15H2,1-7H3,(H2,22,23);11-13,15-18,20,23H,7-10,14H2,1-6H3,(H2,21,22);6-8,10-14,17H,5,9H2,1-4H3,(H2,16,18)/b13-12+,16-14-;12-11+,15-13-;7-6+,10-8-/t17-,18+,19+,20-;16-,17-,18-,20+;11-,12+,13+,14-/m000/s1. The smallest absolute Gasteiger partial charge is 0.241 e. The van der Waals surface area contributed by atoms with Crippen LogP contribution in [-0.2, 0) is 23.2 Å². The van der Waals surface area contributed by atoms with E-state index in [4.69, 9.17) is 26.1 Å². The van der Waals surface area contributed by atoms with Crippen LogP contribution in [0.5, 0.6) is 0 Å². The minimum atomic E-state index is -1.76. The number of primary amides is 3. The summed E-state index contributed by atoms with van der Waals surface area (Å²) in [5.41, 5.74) is 15.2. The lowest BCUT2D eigenvalue weighted by molar-refractivity contribution is -0.114. The zero-order chi connectivity index (χ0) is 53.0. The highest BCUT2D eigenvalue weighted by Crippen LogP contribution is 2.34. The fraction of sp³-hybridized carbons (Fsp3) is 0.732. The van der Waals surface area contributed by atoms with Gasteiger partial charge >= 0.3 is 0 Å². The topological polar surface area (TPSA) is 188 Å². The number of aliphatic hydroxyl groups excluding tert-OH is 2. The van der Waals surface area contributed by atoms with Crippen LogP contribution in [0.3, 0.4) is 0 Å². The zero-order valence-corrected chi connectivity index (χ0v) is 48.5. The van der Waals surface area contributed by atoms with Crippen LogP contribution < -0.4 is 17.2 Å². The average Bonchev–Trinajstić information content (AvgIpc) is 3.33. The van der Waals surface area contributed by atoms with Crippen molar-refractivity contribution in [1.29, 1.82) is 0 Å². The van der Waals surface area contributed by atoms with Crippen molar-refractivity contribution in [2.75, 3.05) is 0 Å². The summed E-state index contributed by atoms with van der Waals surface area (Å²) in [6.45, 7) is 37.8. The number of amides is 3. The van der Waals surface area contributed by atoms with E-state index in [1.807, 2.05) is 24.3 Å². The summed E-state index contributed by atoms with van der Waals surface area (Å²) in [5.74, 6) is 2.21. The molecule has 0 unspecified atom stereocenters. The van der Waals surface area contributed by atoms with Gasteiger partial charge in [-0.1, -0.05) is 192 Å². The van der Waals surface area contributed by atoms with Crippen LogP contribution in [0.15, 0.2) is 72.9 Å². The SMILES string of the molecule is CC[C@H](C)[C@@H](C)[C@@H](C)[C@@H](O)C/C=C/C=C\C(N)=O.CC[C@H](C)[C@@H](C)[C@@H](C)[C@H](C/C=C/C=C\C(N)=O)O[Si](CC)(CC)CC.CC[C@H](C)[C@@H](O)[C@@H](C)[C@H](C/C=C/C=C\C(N)=O)O[Si](CC)(CC)CC. The number of aliphatic hydroxyl groups is 2. The highest BCUT2D eigenvalue weighted by molar-refractivity contribution is 6.74. The summed E-state index contributed by atoms with van der Waals surface area (Å²) < 4.78 is 13.6. The first-order chi connectivity index (χ1) is 31.9. The van der Waals surface area contributed by atoms with Crippen molar-refractivity contribution in [3.63, 3.8) is 0 Å². The van der Waals surface area contributed by atoms with Gasteiger partial charge in [0.05, 0.1) is 24.4 Å². The second-order valence-electron chi connectivity index (χ2n) is 19.6. The molecule has 0 spiro atoms. The second kappa shape index (κ2) is 39.8. The van der Waals surface area contributed by atoms with Gasteiger partial charge in [-0.05, 0) is 97.0 Å². The molecule has 0 radical (unpaired) electrons. The van der Waals surface area contributed by atoms with Crippen molar-refractivity contribution in [2.45, 2.75) is 217 Å². The van der Waals surface area contributed by atoms with E-state index < -0.39 is 34.4 Å². The van der Waals surface area contributed by atoms with Gasteiger partial charge in [-0.25, -0.2) is 0 Å². The number of rotatable bonds is 34. The normalized spacial score (nSPS) is 18.0. The van der Waals surface area contributed by atoms with E-state index in [9.17, 15) is 24.6 Å². The van der Waals surface area contributed by atoms with Gasteiger partial charge in [-0.3, -0.25) is 14.4 Å². The molecule has 0 aliphatic heterocycles. The van der Waals surface area contributed by atoms with Gasteiger partial charge in [0, 0.05) is 24.1 Å². The van der Waals surface area contributed by atoms with Crippen molar-refractivity contribution in [2.24, 2.45) is 64.5 Å². The van der Waals surface area contributed by atoms with Crippen LogP contribution in [-0.4, -0.2) is 69.0 Å². The first-order valence-electron chi connectivity index (χ1n) is 26.5. The molecule has 0 aromatic carbocycles. The molecule has 0 aromatic rings. The van der Waals surface area contributed by atoms with E-state index in [0.29, 0.717) is 36.0 Å². The summed E-state index contributed by atoms with van der Waals surface area (Å²) in [6.07, 6.45) is 25.5. The molecule has 396 valence electrons. The van der Waals surface area contributed by atoms with Gasteiger partial charge in [0.2, 0.25) is 17.7 Å². The molecule has 12 heteroatoms. The number of hydrogen-bond donors (Lipinski definition) is 5. The van der Waals surface area contributed by atoms with Crippen LogP contribution in [0, 0.1) is 47.3 Å². The van der Waals surface area contributed by atoms with Crippen LogP contribution in [0.25, 0.3) is 0 Å². The molecule has 68 heavy (non-hydrogen) atoms. The van der Waals surface area contributed by atoms with Crippen molar-refractivity contribution in [3.05, 3.63) is 72.9 Å². The molecule has 0 fully saturated rings. The van der Waals surface area contributed by atoms with Crippen molar-refractivity contribution >= 4 is 34.4 Å². The maximum Gasteiger partial charge on any atom is 0.241 e. The Kier molecular flexibility index (Phi) is 40.6. The van der Waals surface area contributed by atoms with Gasteiger partial charge in [0.25, 0.3) is 0 Å². The van der Waals surface area contributed by atoms with E-state index >= 15 is 0 Å². The molecule has 0 heterocycles. The van der Waals surface area contributed by atoms with Gasteiger partial charge < -0.3 is 36.3 Å². The first kappa shape index (κ1) is 69.4. The van der Waals surface area contributed by atoms with E-state index in [2.05, 4.69) is 124 Å². The molecule has 0 aliphatic rings. The maximum atomic E-state index is 10.8. The predicted molar refractivity (Wildman–Crippen MR) is 297 cm³/mol. The van der Waals surface area contributed by atoms with Gasteiger partial charge in [0.1, 0.15) is 0 Å². The lowest BCUT2D eigenvalue weighted by atomic mass is 9.80. The van der Waals surface area contributed by atoms with E-state index in [0.717, 1.165) is 43.8 Å². The molecule has 12 atom stereocenters. The summed E-state index contributed by atoms with van der Waals surface area (Å²) in [5, 5.41) is 20.8. The Morgan fingerprint density at radius 1 is 0.426 bits per heavy atom. The third kappa shape index (κ3) is 29.3. The number of carbonyl (C=O) groups excluding carboxylic acids is 3. The first-order valence-corrected chi connectivity index (χ1v) is 31.6. The number of allylic oxidation sites excluding steroid dienone is 6. The largest absolute Gasteiger partial charge is 0.413 e. The monoisotopic (exact) mass is 990 g/mol. The Balaban J connectivity index is -0.000000947. The Morgan fingerprint density at radius 2 is 0.721 bits per heavy atom. The summed E-state index contributed by atoms with van der Waals surface area (Å²) >= 11 is 0. The van der Waals surface area contributed by atoms with E-state index in [1.165, 1.54) is 42.8 Å². The molecule has 0 rings (SSSR count). The van der Waals surface area contributed by atoms with Gasteiger partial charge in [-0.2, -0.15) is 0 Å².